The molecule has 0 aliphatic carbocycles. The predicted molar refractivity (Wildman–Crippen MR) is 54.9 cm³/mol. The largest absolute Gasteiger partial charge is 0.298 e. The number of hydrogen-bond donors (Lipinski definition) is 1. The number of pyridine rings is 1. The van der Waals surface area contributed by atoms with E-state index in [4.69, 9.17) is 0 Å². The molecule has 15 heavy (non-hydrogen) atoms. The Bertz CT molecular complexity index is 512. The van der Waals surface area contributed by atoms with Gasteiger partial charge in [-0.3, -0.25) is 14.9 Å². The van der Waals surface area contributed by atoms with Crippen LogP contribution in [-0.4, -0.2) is 21.5 Å². The summed E-state index contributed by atoms with van der Waals surface area (Å²) in [5, 5.41) is 6.19. The molecule has 2 rings (SSSR count). The second kappa shape index (κ2) is 3.90. The number of halogens is 2. The molecule has 2 aromatic rings. The maximum atomic E-state index is 13.5. The van der Waals surface area contributed by atoms with Gasteiger partial charge < -0.3 is 0 Å². The van der Waals surface area contributed by atoms with Crippen molar-refractivity contribution in [3.8, 4) is 11.4 Å². The number of hydrogen-bond acceptors (Lipinski definition) is 3. The summed E-state index contributed by atoms with van der Waals surface area (Å²) < 4.78 is 14.0. The van der Waals surface area contributed by atoms with Crippen LogP contribution < -0.4 is 0 Å². The Kier molecular flexibility index (Phi) is 2.59. The highest BCUT2D eigenvalue weighted by molar-refractivity contribution is 9.10. The summed E-state index contributed by atoms with van der Waals surface area (Å²) in [5.74, 6) is -0.517. The first-order valence-electron chi connectivity index (χ1n) is 4.02. The lowest BCUT2D eigenvalue weighted by Gasteiger charge is -2.00. The number of carbonyl (C=O) groups excluding carboxylic acids is 1. The van der Waals surface area contributed by atoms with Crippen molar-refractivity contribution in [2.45, 2.75) is 0 Å². The molecule has 2 heterocycles. The summed E-state index contributed by atoms with van der Waals surface area (Å²) in [7, 11) is 0. The Morgan fingerprint density at radius 2 is 2.27 bits per heavy atom. The van der Waals surface area contributed by atoms with Crippen LogP contribution in [0.5, 0.6) is 0 Å². The van der Waals surface area contributed by atoms with Gasteiger partial charge in [-0.1, -0.05) is 0 Å². The van der Waals surface area contributed by atoms with Crippen LogP contribution in [-0.2, 0) is 0 Å². The van der Waals surface area contributed by atoms with Crippen molar-refractivity contribution < 1.29 is 9.18 Å². The molecule has 6 heteroatoms. The van der Waals surface area contributed by atoms with Crippen LogP contribution in [0.25, 0.3) is 11.4 Å². The molecule has 0 aromatic carbocycles. The van der Waals surface area contributed by atoms with Gasteiger partial charge in [0.15, 0.2) is 12.1 Å². The molecule has 0 fully saturated rings. The molecule has 0 aliphatic rings. The lowest BCUT2D eigenvalue weighted by atomic mass is 10.2. The Morgan fingerprint density at radius 1 is 1.47 bits per heavy atom. The van der Waals surface area contributed by atoms with Crippen molar-refractivity contribution in [3.63, 3.8) is 0 Å². The highest BCUT2D eigenvalue weighted by Gasteiger charge is 2.13. The van der Waals surface area contributed by atoms with Gasteiger partial charge in [0.05, 0.1) is 17.5 Å². The van der Waals surface area contributed by atoms with Crippen LogP contribution in [0.2, 0.25) is 0 Å². The molecule has 0 atom stereocenters. The molecular formula is C9H5BrFN3O. The number of carbonyl (C=O) groups is 1. The van der Waals surface area contributed by atoms with Gasteiger partial charge in [-0.2, -0.15) is 5.10 Å². The fraction of sp³-hybridized carbons (Fsp3) is 0. The third-order valence-electron chi connectivity index (χ3n) is 1.84. The Labute approximate surface area is 92.7 Å². The summed E-state index contributed by atoms with van der Waals surface area (Å²) in [6.07, 6.45) is 3.38. The number of rotatable bonds is 2. The van der Waals surface area contributed by atoms with Crippen LogP contribution in [0.4, 0.5) is 4.39 Å². The van der Waals surface area contributed by atoms with E-state index in [1.54, 1.807) is 0 Å². The summed E-state index contributed by atoms with van der Waals surface area (Å²) in [5.41, 5.74) is 0.650. The number of aromatic amines is 1. The van der Waals surface area contributed by atoms with Gasteiger partial charge in [-0.15, -0.1) is 0 Å². The van der Waals surface area contributed by atoms with Gasteiger partial charge in [-0.05, 0) is 22.0 Å². The predicted octanol–water partition coefficient (Wildman–Crippen LogP) is 2.19. The average Bonchev–Trinajstić information content (AvgIpc) is 2.65. The quantitative estimate of drug-likeness (QED) is 0.851. The molecule has 0 radical (unpaired) electrons. The standard InChI is InChI=1S/C9H5BrFN3O/c10-6-1-7(11)9(12-3-6)8-5(4-15)2-13-14-8/h1-4H,(H,13,14). The molecule has 76 valence electrons. The highest BCUT2D eigenvalue weighted by Crippen LogP contribution is 2.22. The van der Waals surface area contributed by atoms with E-state index in [2.05, 4.69) is 31.1 Å². The maximum Gasteiger partial charge on any atom is 0.153 e. The van der Waals surface area contributed by atoms with Gasteiger partial charge in [0.25, 0.3) is 0 Å². The molecule has 0 bridgehead atoms. The third kappa shape index (κ3) is 1.80. The number of H-pyrrole nitrogens is 1. The third-order valence-corrected chi connectivity index (χ3v) is 2.27. The fourth-order valence-corrected chi connectivity index (χ4v) is 1.48. The van der Waals surface area contributed by atoms with E-state index >= 15 is 0 Å². The minimum absolute atomic E-state index is 0.0813. The molecule has 0 saturated heterocycles. The van der Waals surface area contributed by atoms with E-state index in [0.29, 0.717) is 10.8 Å². The summed E-state index contributed by atoms with van der Waals surface area (Å²) in [6, 6.07) is 1.28. The molecule has 2 aromatic heterocycles. The fourth-order valence-electron chi connectivity index (χ4n) is 1.17. The first-order valence-corrected chi connectivity index (χ1v) is 4.81. The van der Waals surface area contributed by atoms with Crippen molar-refractivity contribution in [1.82, 2.24) is 15.2 Å². The van der Waals surface area contributed by atoms with Crippen molar-refractivity contribution in [2.75, 3.05) is 0 Å². The van der Waals surface area contributed by atoms with Crippen LogP contribution >= 0.6 is 15.9 Å². The van der Waals surface area contributed by atoms with Crippen LogP contribution in [0.15, 0.2) is 22.9 Å². The molecule has 0 aliphatic heterocycles. The monoisotopic (exact) mass is 269 g/mol. The Balaban J connectivity index is 2.59. The van der Waals surface area contributed by atoms with E-state index in [1.807, 2.05) is 0 Å². The minimum atomic E-state index is -0.517. The normalized spacial score (nSPS) is 10.3. The first kappa shape index (κ1) is 9.97. The zero-order chi connectivity index (χ0) is 10.8. The second-order valence-corrected chi connectivity index (χ2v) is 3.72. The van der Waals surface area contributed by atoms with Crippen molar-refractivity contribution in [3.05, 3.63) is 34.3 Å². The molecule has 4 nitrogen and oxygen atoms in total. The summed E-state index contributed by atoms with van der Waals surface area (Å²) >= 11 is 3.10. The van der Waals surface area contributed by atoms with E-state index in [0.717, 1.165) is 0 Å². The number of nitrogens with one attached hydrogen (secondary N) is 1. The molecule has 0 spiro atoms. The second-order valence-electron chi connectivity index (χ2n) is 2.80. The van der Waals surface area contributed by atoms with Crippen LogP contribution in [0.1, 0.15) is 10.4 Å². The topological polar surface area (TPSA) is 58.6 Å². The number of aromatic nitrogens is 3. The van der Waals surface area contributed by atoms with Gasteiger partial charge in [0.2, 0.25) is 0 Å². The van der Waals surface area contributed by atoms with E-state index in [-0.39, 0.29) is 17.0 Å². The van der Waals surface area contributed by atoms with Gasteiger partial charge in [0, 0.05) is 10.7 Å². The molecule has 1 N–H and O–H groups in total. The minimum Gasteiger partial charge on any atom is -0.298 e. The van der Waals surface area contributed by atoms with Crippen LogP contribution in [0, 0.1) is 5.82 Å². The van der Waals surface area contributed by atoms with Gasteiger partial charge in [-0.25, -0.2) is 4.39 Å². The van der Waals surface area contributed by atoms with E-state index in [9.17, 15) is 9.18 Å². The first-order chi connectivity index (χ1) is 7.22. The number of nitrogens with zero attached hydrogens (tertiary/aromatic N) is 2. The average molecular weight is 270 g/mol. The molecule has 0 unspecified atom stereocenters. The zero-order valence-corrected chi connectivity index (χ0v) is 8.95. The number of aldehydes is 1. The SMILES string of the molecule is O=Cc1cn[nH]c1-c1ncc(Br)cc1F. The van der Waals surface area contributed by atoms with E-state index in [1.165, 1.54) is 18.5 Å². The van der Waals surface area contributed by atoms with Crippen molar-refractivity contribution in [1.29, 1.82) is 0 Å². The Morgan fingerprint density at radius 3 is 2.93 bits per heavy atom. The summed E-state index contributed by atoms with van der Waals surface area (Å²) in [4.78, 5) is 14.5. The van der Waals surface area contributed by atoms with Crippen LogP contribution in [0.3, 0.4) is 0 Å². The lowest BCUT2D eigenvalue weighted by molar-refractivity contribution is 0.112. The maximum absolute atomic E-state index is 13.5. The smallest absolute Gasteiger partial charge is 0.153 e. The van der Waals surface area contributed by atoms with Crippen molar-refractivity contribution >= 4 is 22.2 Å². The molecular weight excluding hydrogens is 265 g/mol. The Hall–Kier alpha value is -1.56. The van der Waals surface area contributed by atoms with Crippen molar-refractivity contribution in [2.24, 2.45) is 0 Å². The van der Waals surface area contributed by atoms with Gasteiger partial charge >= 0.3 is 0 Å². The highest BCUT2D eigenvalue weighted by atomic mass is 79.9. The molecule has 0 amide bonds. The lowest BCUT2D eigenvalue weighted by Crippen LogP contribution is -1.92. The molecule has 0 saturated carbocycles. The zero-order valence-electron chi connectivity index (χ0n) is 7.37. The van der Waals surface area contributed by atoms with E-state index < -0.39 is 5.82 Å². The summed E-state index contributed by atoms with van der Waals surface area (Å²) in [6.45, 7) is 0. The van der Waals surface area contributed by atoms with Gasteiger partial charge in [0.1, 0.15) is 5.69 Å².